The van der Waals surface area contributed by atoms with Gasteiger partial charge in [-0.15, -0.1) is 0 Å². The van der Waals surface area contributed by atoms with E-state index < -0.39 is 0 Å². The van der Waals surface area contributed by atoms with E-state index in [1.54, 1.807) is 10.9 Å². The van der Waals surface area contributed by atoms with Crippen LogP contribution in [0.2, 0.25) is 0 Å². The summed E-state index contributed by atoms with van der Waals surface area (Å²) in [5.74, 6) is 0.635. The lowest BCUT2D eigenvalue weighted by atomic mass is 9.95. The van der Waals surface area contributed by atoms with E-state index >= 15 is 0 Å². The number of hydrogen-bond acceptors (Lipinski definition) is 4. The smallest absolute Gasteiger partial charge is 0.148 e. The zero-order valence-electron chi connectivity index (χ0n) is 10.8. The van der Waals surface area contributed by atoms with Gasteiger partial charge in [0.2, 0.25) is 0 Å². The molecule has 0 amide bonds. The average Bonchev–Trinajstić information content (AvgIpc) is 2.83. The van der Waals surface area contributed by atoms with Crippen molar-refractivity contribution in [3.8, 4) is 6.07 Å². The molecule has 5 nitrogen and oxygen atoms in total. The number of pyridine rings is 1. The molecule has 2 aromatic rings. The summed E-state index contributed by atoms with van der Waals surface area (Å²) in [6.45, 7) is 0. The van der Waals surface area contributed by atoms with Crippen molar-refractivity contribution in [1.82, 2.24) is 14.8 Å². The molecule has 0 saturated carbocycles. The number of nitriles is 1. The number of anilines is 2. The maximum absolute atomic E-state index is 9.25. The molecule has 96 valence electrons. The van der Waals surface area contributed by atoms with E-state index in [1.165, 1.54) is 18.4 Å². The third kappa shape index (κ3) is 2.29. The number of rotatable bonds is 2. The number of nitrogens with zero attached hydrogens (tertiary/aromatic N) is 4. The lowest BCUT2D eigenvalue weighted by Crippen LogP contribution is -2.08. The van der Waals surface area contributed by atoms with Crippen LogP contribution in [-0.2, 0) is 19.9 Å². The molecule has 0 unspecified atom stereocenters. The van der Waals surface area contributed by atoms with Gasteiger partial charge in [0.05, 0.1) is 17.4 Å². The van der Waals surface area contributed by atoms with Crippen molar-refractivity contribution >= 4 is 11.5 Å². The van der Waals surface area contributed by atoms with Gasteiger partial charge in [0.25, 0.3) is 0 Å². The molecule has 1 aliphatic rings. The van der Waals surface area contributed by atoms with E-state index in [9.17, 15) is 5.26 Å². The second kappa shape index (κ2) is 4.73. The Morgan fingerprint density at radius 1 is 1.37 bits per heavy atom. The molecular formula is C14H15N5. The Balaban J connectivity index is 1.98. The minimum atomic E-state index is 0.601. The second-order valence-corrected chi connectivity index (χ2v) is 4.84. The Hall–Kier alpha value is -2.35. The molecule has 1 aliphatic carbocycles. The fourth-order valence-corrected chi connectivity index (χ4v) is 2.44. The van der Waals surface area contributed by atoms with Gasteiger partial charge in [0.1, 0.15) is 11.9 Å². The summed E-state index contributed by atoms with van der Waals surface area (Å²) in [5.41, 5.74) is 3.79. The van der Waals surface area contributed by atoms with Crippen LogP contribution in [0.25, 0.3) is 0 Å². The molecule has 2 aromatic heterocycles. The van der Waals surface area contributed by atoms with Gasteiger partial charge >= 0.3 is 0 Å². The van der Waals surface area contributed by atoms with E-state index in [1.807, 2.05) is 19.3 Å². The maximum Gasteiger partial charge on any atom is 0.148 e. The van der Waals surface area contributed by atoms with Gasteiger partial charge in [-0.2, -0.15) is 10.4 Å². The largest absolute Gasteiger partial charge is 0.337 e. The van der Waals surface area contributed by atoms with Gasteiger partial charge in [-0.25, -0.2) is 4.98 Å². The number of aromatic nitrogens is 3. The first-order valence-corrected chi connectivity index (χ1v) is 6.45. The number of fused-ring (bicyclic) bond motifs is 1. The average molecular weight is 253 g/mol. The molecule has 1 N–H and O–H groups in total. The SMILES string of the molecule is Cn1cc(Nc2nc3c(cc2C#N)CCCC3)cn1. The Labute approximate surface area is 111 Å². The number of nitrogens with one attached hydrogen (secondary N) is 1. The highest BCUT2D eigenvalue weighted by Crippen LogP contribution is 2.26. The summed E-state index contributed by atoms with van der Waals surface area (Å²) >= 11 is 0. The van der Waals surface area contributed by atoms with E-state index in [4.69, 9.17) is 0 Å². The molecule has 19 heavy (non-hydrogen) atoms. The van der Waals surface area contributed by atoms with E-state index in [2.05, 4.69) is 21.5 Å². The number of aryl methyl sites for hydroxylation is 3. The van der Waals surface area contributed by atoms with Gasteiger partial charge < -0.3 is 5.32 Å². The fraction of sp³-hybridized carbons (Fsp3) is 0.357. The minimum Gasteiger partial charge on any atom is -0.337 e. The summed E-state index contributed by atoms with van der Waals surface area (Å²) in [5, 5.41) is 16.5. The first-order chi connectivity index (χ1) is 9.26. The van der Waals surface area contributed by atoms with Crippen LogP contribution in [0.4, 0.5) is 11.5 Å². The molecule has 0 bridgehead atoms. The van der Waals surface area contributed by atoms with Gasteiger partial charge in [0.15, 0.2) is 0 Å². The van der Waals surface area contributed by atoms with Crippen molar-refractivity contribution in [2.24, 2.45) is 7.05 Å². The molecule has 0 fully saturated rings. The first-order valence-electron chi connectivity index (χ1n) is 6.45. The van der Waals surface area contributed by atoms with E-state index in [0.717, 1.165) is 24.2 Å². The van der Waals surface area contributed by atoms with Crippen LogP contribution in [0, 0.1) is 11.3 Å². The van der Waals surface area contributed by atoms with E-state index in [0.29, 0.717) is 11.4 Å². The topological polar surface area (TPSA) is 66.5 Å². The Bertz CT molecular complexity index is 650. The standard InChI is InChI=1S/C14H15N5/c1-19-9-12(8-16-19)17-14-11(7-15)6-10-4-2-3-5-13(10)18-14/h6,8-9H,2-5H2,1H3,(H,17,18). The normalized spacial score (nSPS) is 13.7. The van der Waals surface area contributed by atoms with Crippen molar-refractivity contribution in [2.75, 3.05) is 5.32 Å². The third-order valence-electron chi connectivity index (χ3n) is 3.39. The van der Waals surface area contributed by atoms with Crippen LogP contribution in [0.15, 0.2) is 18.5 Å². The molecule has 0 saturated heterocycles. The molecule has 0 radical (unpaired) electrons. The summed E-state index contributed by atoms with van der Waals surface area (Å²) in [7, 11) is 1.86. The Kier molecular flexibility index (Phi) is 2.92. The van der Waals surface area contributed by atoms with Crippen molar-refractivity contribution in [2.45, 2.75) is 25.7 Å². The van der Waals surface area contributed by atoms with Crippen LogP contribution in [0.5, 0.6) is 0 Å². The Morgan fingerprint density at radius 3 is 2.95 bits per heavy atom. The highest BCUT2D eigenvalue weighted by molar-refractivity contribution is 5.62. The minimum absolute atomic E-state index is 0.601. The molecule has 0 aromatic carbocycles. The predicted octanol–water partition coefficient (Wildman–Crippen LogP) is 2.31. The van der Waals surface area contributed by atoms with Crippen molar-refractivity contribution < 1.29 is 0 Å². The van der Waals surface area contributed by atoms with Crippen LogP contribution >= 0.6 is 0 Å². The molecular weight excluding hydrogens is 238 g/mol. The Morgan fingerprint density at radius 2 is 2.21 bits per heavy atom. The lowest BCUT2D eigenvalue weighted by Gasteiger charge is -2.16. The van der Waals surface area contributed by atoms with Crippen molar-refractivity contribution in [1.29, 1.82) is 5.26 Å². The highest BCUT2D eigenvalue weighted by Gasteiger charge is 2.15. The van der Waals surface area contributed by atoms with Crippen LogP contribution in [0.3, 0.4) is 0 Å². The van der Waals surface area contributed by atoms with E-state index in [-0.39, 0.29) is 0 Å². The maximum atomic E-state index is 9.25. The van der Waals surface area contributed by atoms with Gasteiger partial charge in [-0.1, -0.05) is 0 Å². The van der Waals surface area contributed by atoms with Crippen LogP contribution in [0.1, 0.15) is 29.7 Å². The third-order valence-corrected chi connectivity index (χ3v) is 3.39. The number of hydrogen-bond donors (Lipinski definition) is 1. The summed E-state index contributed by atoms with van der Waals surface area (Å²) < 4.78 is 1.72. The summed E-state index contributed by atoms with van der Waals surface area (Å²) in [4.78, 5) is 4.62. The summed E-state index contributed by atoms with van der Waals surface area (Å²) in [6, 6.07) is 4.19. The molecule has 0 atom stereocenters. The first kappa shape index (κ1) is 11.7. The molecule has 0 aliphatic heterocycles. The quantitative estimate of drug-likeness (QED) is 0.891. The second-order valence-electron chi connectivity index (χ2n) is 4.84. The summed E-state index contributed by atoms with van der Waals surface area (Å²) in [6.07, 6.45) is 7.99. The molecule has 3 rings (SSSR count). The van der Waals surface area contributed by atoms with Gasteiger partial charge in [-0.3, -0.25) is 4.68 Å². The zero-order valence-corrected chi connectivity index (χ0v) is 10.8. The van der Waals surface area contributed by atoms with Crippen molar-refractivity contribution in [3.63, 3.8) is 0 Å². The van der Waals surface area contributed by atoms with Crippen molar-refractivity contribution in [3.05, 3.63) is 35.3 Å². The molecule has 5 heteroatoms. The zero-order chi connectivity index (χ0) is 13.2. The van der Waals surface area contributed by atoms with Gasteiger partial charge in [0, 0.05) is 18.9 Å². The van der Waals surface area contributed by atoms with Crippen LogP contribution in [-0.4, -0.2) is 14.8 Å². The fourth-order valence-electron chi connectivity index (χ4n) is 2.44. The van der Waals surface area contributed by atoms with Crippen LogP contribution < -0.4 is 5.32 Å². The molecule has 0 spiro atoms. The predicted molar refractivity (Wildman–Crippen MR) is 72.1 cm³/mol. The van der Waals surface area contributed by atoms with Gasteiger partial charge in [-0.05, 0) is 37.3 Å². The molecule has 2 heterocycles. The monoisotopic (exact) mass is 253 g/mol. The highest BCUT2D eigenvalue weighted by atomic mass is 15.3. The lowest BCUT2D eigenvalue weighted by molar-refractivity contribution is 0.668.